The van der Waals surface area contributed by atoms with Gasteiger partial charge in [-0.25, -0.2) is 24.3 Å². The zero-order valence-corrected chi connectivity index (χ0v) is 12.7. The molecule has 2 aliphatic carbocycles. The summed E-state index contributed by atoms with van der Waals surface area (Å²) in [5.41, 5.74) is 0. The van der Waals surface area contributed by atoms with Gasteiger partial charge < -0.3 is 37.2 Å². The van der Waals surface area contributed by atoms with Crippen LogP contribution in [0.25, 0.3) is 0 Å². The van der Waals surface area contributed by atoms with Crippen molar-refractivity contribution < 1.29 is 69.9 Å². The number of hydrogen-bond donors (Lipinski definition) is 0. The molecule has 0 nitrogen and oxygen atoms in total. The Labute approximate surface area is 130 Å². The van der Waals surface area contributed by atoms with Crippen molar-refractivity contribution in [1.29, 1.82) is 0 Å². The van der Waals surface area contributed by atoms with Crippen LogP contribution in [0.3, 0.4) is 0 Å². The minimum atomic E-state index is 0. The molecule has 0 fully saturated rings. The fourth-order valence-corrected chi connectivity index (χ4v) is 0.680. The average molecular weight is 325 g/mol. The molecule has 14 heavy (non-hydrogen) atoms. The van der Waals surface area contributed by atoms with E-state index in [-0.39, 0.29) is 69.9 Å². The maximum atomic E-state index is 2.99. The minimum absolute atomic E-state index is 0. The van der Waals surface area contributed by atoms with Crippen molar-refractivity contribution in [3.05, 3.63) is 48.6 Å². The maximum absolute atomic E-state index is 2.99. The smallest absolute Gasteiger partial charge is 1.00 e. The predicted molar refractivity (Wildman–Crippen MR) is 43.1 cm³/mol. The van der Waals surface area contributed by atoms with Crippen LogP contribution in [0.4, 0.5) is 0 Å². The van der Waals surface area contributed by atoms with Crippen molar-refractivity contribution in [3.63, 3.8) is 0 Å². The molecule has 0 unspecified atom stereocenters. The normalized spacial score (nSPS) is 12.6. The Kier molecular flexibility index (Phi) is 33.8. The van der Waals surface area contributed by atoms with E-state index in [2.05, 4.69) is 24.3 Å². The van der Waals surface area contributed by atoms with Gasteiger partial charge in [-0.2, -0.15) is 12.2 Å². The number of halogens is 3. The van der Waals surface area contributed by atoms with Gasteiger partial charge in [-0.15, -0.1) is 12.8 Å². The molecule has 4 heteroatoms. The molecule has 0 saturated heterocycles. The second-order valence-corrected chi connectivity index (χ2v) is 2.01. The molecule has 0 atom stereocenters. The molecule has 76 valence electrons. The second-order valence-electron chi connectivity index (χ2n) is 2.01. The summed E-state index contributed by atoms with van der Waals surface area (Å²) in [6.45, 7) is 0. The Morgan fingerprint density at radius 1 is 0.714 bits per heavy atom. The molecule has 2 rings (SSSR count). The fraction of sp³-hybridized carbons (Fsp3) is 0.200. The number of rotatable bonds is 0. The van der Waals surface area contributed by atoms with Gasteiger partial charge in [-0.3, -0.25) is 12.2 Å². The van der Waals surface area contributed by atoms with Crippen LogP contribution >= 0.6 is 0 Å². The van der Waals surface area contributed by atoms with Crippen molar-refractivity contribution in [2.75, 3.05) is 0 Å². The second kappa shape index (κ2) is 19.5. The molecule has 2 aliphatic rings. The van der Waals surface area contributed by atoms with E-state index in [1.54, 1.807) is 0 Å². The summed E-state index contributed by atoms with van der Waals surface area (Å²) in [5, 5.41) is 0. The van der Waals surface area contributed by atoms with E-state index >= 15 is 0 Å². The SMILES string of the molecule is [C-]1=CC=CC1.[C-]1=CC=CC1.[Cl-].[Cl-].[Cl-].[Y+3]. The molecule has 0 saturated carbocycles. The van der Waals surface area contributed by atoms with Crippen LogP contribution in [0.5, 0.6) is 0 Å². The van der Waals surface area contributed by atoms with E-state index < -0.39 is 0 Å². The zero-order chi connectivity index (χ0) is 7.07. The molecule has 0 aromatic heterocycles. The first-order valence-corrected chi connectivity index (χ1v) is 3.43. The van der Waals surface area contributed by atoms with Gasteiger partial charge >= 0.3 is 32.7 Å². The molecule has 0 bridgehead atoms. The van der Waals surface area contributed by atoms with E-state index in [1.165, 1.54) is 0 Å². The van der Waals surface area contributed by atoms with Gasteiger partial charge in [0.2, 0.25) is 0 Å². The van der Waals surface area contributed by atoms with Crippen molar-refractivity contribution in [3.8, 4) is 0 Å². The van der Waals surface area contributed by atoms with Crippen LogP contribution in [0.2, 0.25) is 0 Å². The maximum Gasteiger partial charge on any atom is 3.00 e. The summed E-state index contributed by atoms with van der Waals surface area (Å²) in [6, 6.07) is 0. The van der Waals surface area contributed by atoms with Gasteiger partial charge in [-0.1, -0.05) is 0 Å². The van der Waals surface area contributed by atoms with Crippen molar-refractivity contribution in [2.24, 2.45) is 0 Å². The number of allylic oxidation sites excluding steroid dienone is 8. The molecule has 0 aliphatic heterocycles. The third-order valence-electron chi connectivity index (χ3n) is 1.17. The summed E-state index contributed by atoms with van der Waals surface area (Å²) in [7, 11) is 0. The zero-order valence-electron chi connectivity index (χ0n) is 7.59. The van der Waals surface area contributed by atoms with Crippen LogP contribution in [0.1, 0.15) is 12.8 Å². The summed E-state index contributed by atoms with van der Waals surface area (Å²) < 4.78 is 0. The predicted octanol–water partition coefficient (Wildman–Crippen LogP) is -6.38. The summed E-state index contributed by atoms with van der Waals surface area (Å²) in [5.74, 6) is 0. The van der Waals surface area contributed by atoms with Crippen molar-refractivity contribution >= 4 is 0 Å². The summed E-state index contributed by atoms with van der Waals surface area (Å²) >= 11 is 0. The van der Waals surface area contributed by atoms with E-state index in [9.17, 15) is 0 Å². The van der Waals surface area contributed by atoms with Crippen LogP contribution in [0, 0.1) is 12.2 Å². The Balaban J connectivity index is -0.0000000556. The van der Waals surface area contributed by atoms with E-state index in [0.29, 0.717) is 0 Å². The molecule has 0 amide bonds. The first kappa shape index (κ1) is 24.3. The summed E-state index contributed by atoms with van der Waals surface area (Å²) in [6.07, 6.45) is 20.0. The molecule has 0 radical (unpaired) electrons. The quantitative estimate of drug-likeness (QED) is 0.389. The van der Waals surface area contributed by atoms with E-state index in [0.717, 1.165) is 12.8 Å². The fourth-order valence-electron chi connectivity index (χ4n) is 0.680. The minimum Gasteiger partial charge on any atom is -1.00 e. The van der Waals surface area contributed by atoms with Gasteiger partial charge in [0.05, 0.1) is 0 Å². The Bertz CT molecular complexity index is 154. The van der Waals surface area contributed by atoms with Gasteiger partial charge in [0.15, 0.2) is 0 Å². The standard InChI is InChI=1S/2C5H5.3ClH.Y/c2*1-2-4-5-3-1;;;;/h2*1-3H,4H2;3*1H;/q2*-1;;;;+3/p-3. The largest absolute Gasteiger partial charge is 3.00 e. The van der Waals surface area contributed by atoms with E-state index in [1.807, 2.05) is 24.3 Å². The van der Waals surface area contributed by atoms with Gasteiger partial charge in [0.25, 0.3) is 0 Å². The Morgan fingerprint density at radius 2 is 1.07 bits per heavy atom. The molecular weight excluding hydrogens is 315 g/mol. The molecular formula is C10H10Cl3Y-2. The molecule has 0 heterocycles. The topological polar surface area (TPSA) is 0 Å². The Hall–Kier alpha value is 0.934. The molecule has 0 N–H and O–H groups in total. The third kappa shape index (κ3) is 15.4. The average Bonchev–Trinajstić information content (AvgIpc) is 2.67. The van der Waals surface area contributed by atoms with Gasteiger partial charge in [0, 0.05) is 0 Å². The van der Waals surface area contributed by atoms with Crippen molar-refractivity contribution in [2.45, 2.75) is 12.8 Å². The first-order valence-electron chi connectivity index (χ1n) is 3.43. The first-order chi connectivity index (χ1) is 5.00. The van der Waals surface area contributed by atoms with Crippen LogP contribution in [-0.2, 0) is 32.7 Å². The Morgan fingerprint density at radius 3 is 1.14 bits per heavy atom. The third-order valence-corrected chi connectivity index (χ3v) is 1.17. The monoisotopic (exact) mass is 324 g/mol. The summed E-state index contributed by atoms with van der Waals surface area (Å²) in [4.78, 5) is 0. The van der Waals surface area contributed by atoms with Gasteiger partial charge in [0.1, 0.15) is 0 Å². The van der Waals surface area contributed by atoms with Gasteiger partial charge in [-0.05, 0) is 0 Å². The van der Waals surface area contributed by atoms with E-state index in [4.69, 9.17) is 0 Å². The molecule has 0 spiro atoms. The van der Waals surface area contributed by atoms with Crippen molar-refractivity contribution in [1.82, 2.24) is 0 Å². The van der Waals surface area contributed by atoms with Crippen LogP contribution in [0.15, 0.2) is 36.5 Å². The molecule has 0 aromatic carbocycles. The van der Waals surface area contributed by atoms with Crippen LogP contribution < -0.4 is 37.2 Å². The van der Waals surface area contributed by atoms with Crippen LogP contribution in [-0.4, -0.2) is 0 Å². The number of hydrogen-bond acceptors (Lipinski definition) is 0. The molecule has 0 aromatic rings.